The predicted molar refractivity (Wildman–Crippen MR) is 87.2 cm³/mol. The lowest BCUT2D eigenvalue weighted by Crippen LogP contribution is -2.47. The SMILES string of the molecule is CNC(=O)CN1CCC(NCC2C(C)=CCCC2C)CC1. The van der Waals surface area contributed by atoms with Crippen LogP contribution in [0.3, 0.4) is 0 Å². The number of nitrogens with one attached hydrogen (secondary N) is 2. The summed E-state index contributed by atoms with van der Waals surface area (Å²) in [6.07, 6.45) is 7.30. The van der Waals surface area contributed by atoms with Gasteiger partial charge in [-0.3, -0.25) is 9.69 Å². The third kappa shape index (κ3) is 4.82. The van der Waals surface area contributed by atoms with Crippen LogP contribution in [0.15, 0.2) is 11.6 Å². The molecule has 2 aliphatic rings. The standard InChI is InChI=1S/C17H31N3O/c1-13-5-4-6-14(2)16(13)11-19-15-7-9-20(10-8-15)12-17(21)18-3/h5,14-16,19H,4,6-12H2,1-3H3,(H,18,21). The third-order valence-electron chi connectivity index (χ3n) is 5.22. The molecule has 1 aliphatic heterocycles. The lowest BCUT2D eigenvalue weighted by molar-refractivity contribution is -0.122. The zero-order valence-corrected chi connectivity index (χ0v) is 13.8. The summed E-state index contributed by atoms with van der Waals surface area (Å²) >= 11 is 0. The summed E-state index contributed by atoms with van der Waals surface area (Å²) in [5, 5.41) is 6.47. The fourth-order valence-corrected chi connectivity index (χ4v) is 3.61. The second-order valence-electron chi connectivity index (χ2n) is 6.74. The van der Waals surface area contributed by atoms with Crippen LogP contribution in [0.5, 0.6) is 0 Å². The molecule has 2 atom stereocenters. The minimum absolute atomic E-state index is 0.123. The molecule has 2 unspecified atom stereocenters. The van der Waals surface area contributed by atoms with Crippen LogP contribution in [0, 0.1) is 11.8 Å². The Morgan fingerprint density at radius 1 is 1.33 bits per heavy atom. The number of rotatable bonds is 5. The zero-order valence-electron chi connectivity index (χ0n) is 13.8. The highest BCUT2D eigenvalue weighted by Gasteiger charge is 2.25. The molecule has 21 heavy (non-hydrogen) atoms. The molecule has 1 heterocycles. The molecule has 0 aromatic heterocycles. The van der Waals surface area contributed by atoms with Gasteiger partial charge in [0.1, 0.15) is 0 Å². The molecular formula is C17H31N3O. The van der Waals surface area contributed by atoms with Gasteiger partial charge in [-0.2, -0.15) is 0 Å². The smallest absolute Gasteiger partial charge is 0.233 e. The van der Waals surface area contributed by atoms with E-state index in [1.165, 1.54) is 12.8 Å². The second-order valence-corrected chi connectivity index (χ2v) is 6.74. The summed E-state index contributed by atoms with van der Waals surface area (Å²) in [6, 6.07) is 0.618. The van der Waals surface area contributed by atoms with Crippen molar-refractivity contribution in [2.75, 3.05) is 33.2 Å². The van der Waals surface area contributed by atoms with E-state index in [2.05, 4.69) is 35.5 Å². The maximum atomic E-state index is 11.4. The van der Waals surface area contributed by atoms with Gasteiger partial charge < -0.3 is 10.6 Å². The number of piperidine rings is 1. The fourth-order valence-electron chi connectivity index (χ4n) is 3.61. The first kappa shape index (κ1) is 16.5. The van der Waals surface area contributed by atoms with E-state index >= 15 is 0 Å². The van der Waals surface area contributed by atoms with E-state index < -0.39 is 0 Å². The number of carbonyl (C=O) groups excluding carboxylic acids is 1. The van der Waals surface area contributed by atoms with E-state index in [4.69, 9.17) is 0 Å². The minimum atomic E-state index is 0.123. The molecule has 2 N–H and O–H groups in total. The van der Waals surface area contributed by atoms with Crippen LogP contribution in [0.2, 0.25) is 0 Å². The van der Waals surface area contributed by atoms with Crippen molar-refractivity contribution in [1.29, 1.82) is 0 Å². The first-order chi connectivity index (χ1) is 10.1. The number of likely N-dealkylation sites (tertiary alicyclic amines) is 1. The number of hydrogen-bond donors (Lipinski definition) is 2. The first-order valence-corrected chi connectivity index (χ1v) is 8.43. The van der Waals surface area contributed by atoms with E-state index in [0.717, 1.165) is 38.4 Å². The van der Waals surface area contributed by atoms with Gasteiger partial charge in [-0.05, 0) is 44.4 Å². The molecule has 4 heteroatoms. The van der Waals surface area contributed by atoms with Crippen LogP contribution in [-0.2, 0) is 4.79 Å². The molecule has 1 amide bonds. The Balaban J connectivity index is 1.70. The summed E-state index contributed by atoms with van der Waals surface area (Å²) in [4.78, 5) is 13.6. The highest BCUT2D eigenvalue weighted by atomic mass is 16.1. The molecule has 1 saturated heterocycles. The van der Waals surface area contributed by atoms with Crippen molar-refractivity contribution in [2.24, 2.45) is 11.8 Å². The van der Waals surface area contributed by atoms with Crippen LogP contribution >= 0.6 is 0 Å². The van der Waals surface area contributed by atoms with Gasteiger partial charge in [0, 0.05) is 32.7 Å². The Morgan fingerprint density at radius 3 is 2.67 bits per heavy atom. The normalized spacial score (nSPS) is 28.2. The van der Waals surface area contributed by atoms with E-state index in [1.807, 2.05) is 0 Å². The molecule has 0 spiro atoms. The fraction of sp³-hybridized carbons (Fsp3) is 0.824. The van der Waals surface area contributed by atoms with Crippen molar-refractivity contribution in [1.82, 2.24) is 15.5 Å². The molecule has 0 saturated carbocycles. The molecule has 0 bridgehead atoms. The van der Waals surface area contributed by atoms with Gasteiger partial charge in [0.15, 0.2) is 0 Å². The van der Waals surface area contributed by atoms with E-state index in [-0.39, 0.29) is 5.91 Å². The largest absolute Gasteiger partial charge is 0.358 e. The molecule has 2 rings (SSSR count). The van der Waals surface area contributed by atoms with Crippen LogP contribution in [0.25, 0.3) is 0 Å². The molecule has 0 aromatic carbocycles. The molecule has 120 valence electrons. The van der Waals surface area contributed by atoms with Crippen molar-refractivity contribution in [2.45, 2.75) is 45.6 Å². The van der Waals surface area contributed by atoms with E-state index in [1.54, 1.807) is 12.6 Å². The number of allylic oxidation sites excluding steroid dienone is 1. The summed E-state index contributed by atoms with van der Waals surface area (Å²) in [6.45, 7) is 8.39. The summed E-state index contributed by atoms with van der Waals surface area (Å²) in [5.41, 5.74) is 1.57. The van der Waals surface area contributed by atoms with E-state index in [0.29, 0.717) is 18.5 Å². The Morgan fingerprint density at radius 2 is 2.05 bits per heavy atom. The molecule has 4 nitrogen and oxygen atoms in total. The third-order valence-corrected chi connectivity index (χ3v) is 5.22. The van der Waals surface area contributed by atoms with Gasteiger partial charge in [-0.15, -0.1) is 0 Å². The van der Waals surface area contributed by atoms with Crippen molar-refractivity contribution in [3.8, 4) is 0 Å². The lowest BCUT2D eigenvalue weighted by atomic mass is 9.80. The predicted octanol–water partition coefficient (Wildman–Crippen LogP) is 1.78. The van der Waals surface area contributed by atoms with E-state index in [9.17, 15) is 4.79 Å². The molecule has 0 radical (unpaired) electrons. The minimum Gasteiger partial charge on any atom is -0.358 e. The van der Waals surface area contributed by atoms with Gasteiger partial charge in [0.25, 0.3) is 0 Å². The van der Waals surface area contributed by atoms with Crippen LogP contribution in [0.1, 0.15) is 39.5 Å². The first-order valence-electron chi connectivity index (χ1n) is 8.43. The maximum absolute atomic E-state index is 11.4. The topological polar surface area (TPSA) is 44.4 Å². The molecule has 1 fully saturated rings. The van der Waals surface area contributed by atoms with Gasteiger partial charge in [0.2, 0.25) is 5.91 Å². The number of carbonyl (C=O) groups is 1. The summed E-state index contributed by atoms with van der Waals surface area (Å²) in [7, 11) is 1.71. The summed E-state index contributed by atoms with van der Waals surface area (Å²) < 4.78 is 0. The average molecular weight is 293 g/mol. The van der Waals surface area contributed by atoms with Crippen molar-refractivity contribution in [3.63, 3.8) is 0 Å². The number of amides is 1. The Bertz CT molecular complexity index is 372. The quantitative estimate of drug-likeness (QED) is 0.760. The molecule has 0 aromatic rings. The second kappa shape index (κ2) is 7.95. The molecular weight excluding hydrogens is 262 g/mol. The van der Waals surface area contributed by atoms with Crippen LogP contribution < -0.4 is 10.6 Å². The Kier molecular flexibility index (Phi) is 6.24. The monoisotopic (exact) mass is 293 g/mol. The van der Waals surface area contributed by atoms with Crippen molar-refractivity contribution < 1.29 is 4.79 Å². The number of hydrogen-bond acceptors (Lipinski definition) is 3. The highest BCUT2D eigenvalue weighted by Crippen LogP contribution is 2.29. The zero-order chi connectivity index (χ0) is 15.2. The van der Waals surface area contributed by atoms with Gasteiger partial charge in [0.05, 0.1) is 6.54 Å². The molecule has 1 aliphatic carbocycles. The van der Waals surface area contributed by atoms with Crippen LogP contribution in [0.4, 0.5) is 0 Å². The van der Waals surface area contributed by atoms with Gasteiger partial charge >= 0.3 is 0 Å². The lowest BCUT2D eigenvalue weighted by Gasteiger charge is -2.35. The van der Waals surface area contributed by atoms with Crippen molar-refractivity contribution in [3.05, 3.63) is 11.6 Å². The maximum Gasteiger partial charge on any atom is 0.233 e. The van der Waals surface area contributed by atoms with Crippen molar-refractivity contribution >= 4 is 5.91 Å². The van der Waals surface area contributed by atoms with Gasteiger partial charge in [-0.1, -0.05) is 18.6 Å². The van der Waals surface area contributed by atoms with Gasteiger partial charge in [-0.25, -0.2) is 0 Å². The Hall–Kier alpha value is -0.870. The number of nitrogens with zero attached hydrogens (tertiary/aromatic N) is 1. The van der Waals surface area contributed by atoms with Crippen LogP contribution in [-0.4, -0.2) is 50.1 Å². The average Bonchev–Trinajstić information content (AvgIpc) is 2.48. The Labute approximate surface area is 129 Å². The highest BCUT2D eigenvalue weighted by molar-refractivity contribution is 5.77. The summed E-state index contributed by atoms with van der Waals surface area (Å²) in [5.74, 6) is 1.64. The number of likely N-dealkylation sites (N-methyl/N-ethyl adjacent to an activating group) is 1.